The van der Waals surface area contributed by atoms with Gasteiger partial charge >= 0.3 is 5.97 Å². The standard InChI is InChI=1S/C19H18N2O4/c22-17(10-9-14-5-2-1-3-6-14)20-15-7-4-8-16(13-15)21-18(23)11-12-19(24)25/h1-8,11-13H,9-10H2,(H,20,22)(H,21,23)(H,24,25)/b12-11+. The van der Waals surface area contributed by atoms with Crippen molar-refractivity contribution >= 4 is 29.2 Å². The Morgan fingerprint density at radius 2 is 1.56 bits per heavy atom. The maximum absolute atomic E-state index is 12.0. The fraction of sp³-hybridized carbons (Fsp3) is 0.105. The van der Waals surface area contributed by atoms with Crippen molar-refractivity contribution in [1.29, 1.82) is 0 Å². The van der Waals surface area contributed by atoms with Crippen molar-refractivity contribution in [2.75, 3.05) is 10.6 Å². The Kier molecular flexibility index (Phi) is 6.47. The highest BCUT2D eigenvalue weighted by atomic mass is 16.4. The number of carboxylic acid groups (broad SMARTS) is 1. The first-order valence-electron chi connectivity index (χ1n) is 7.69. The Balaban J connectivity index is 1.89. The van der Waals surface area contributed by atoms with E-state index < -0.39 is 11.9 Å². The van der Waals surface area contributed by atoms with Gasteiger partial charge in [-0.05, 0) is 30.2 Å². The molecule has 6 nitrogen and oxygen atoms in total. The van der Waals surface area contributed by atoms with Crippen LogP contribution in [0.2, 0.25) is 0 Å². The largest absolute Gasteiger partial charge is 0.478 e. The lowest BCUT2D eigenvalue weighted by Crippen LogP contribution is -2.13. The summed E-state index contributed by atoms with van der Waals surface area (Å²) in [6.45, 7) is 0. The molecule has 0 spiro atoms. The number of aryl methyl sites for hydroxylation is 1. The molecular weight excluding hydrogens is 320 g/mol. The molecule has 6 heteroatoms. The van der Waals surface area contributed by atoms with Crippen molar-refractivity contribution in [2.24, 2.45) is 0 Å². The van der Waals surface area contributed by atoms with Crippen LogP contribution in [0.3, 0.4) is 0 Å². The average Bonchev–Trinajstić information content (AvgIpc) is 2.59. The molecule has 0 radical (unpaired) electrons. The summed E-state index contributed by atoms with van der Waals surface area (Å²) < 4.78 is 0. The zero-order valence-corrected chi connectivity index (χ0v) is 13.4. The van der Waals surface area contributed by atoms with Gasteiger partial charge in [0.25, 0.3) is 0 Å². The topological polar surface area (TPSA) is 95.5 Å². The molecule has 128 valence electrons. The SMILES string of the molecule is O=C(O)/C=C/C(=O)Nc1cccc(NC(=O)CCc2ccccc2)c1. The fourth-order valence-electron chi connectivity index (χ4n) is 2.13. The van der Waals surface area contributed by atoms with E-state index in [0.29, 0.717) is 24.2 Å². The van der Waals surface area contributed by atoms with Crippen LogP contribution in [0.15, 0.2) is 66.7 Å². The fourth-order valence-corrected chi connectivity index (χ4v) is 2.13. The quantitative estimate of drug-likeness (QED) is 0.677. The summed E-state index contributed by atoms with van der Waals surface area (Å²) in [6.07, 6.45) is 2.67. The molecule has 0 aromatic heterocycles. The molecule has 0 aliphatic heterocycles. The van der Waals surface area contributed by atoms with E-state index in [1.165, 1.54) is 0 Å². The predicted octanol–water partition coefficient (Wildman–Crippen LogP) is 2.84. The number of carbonyl (C=O) groups is 3. The summed E-state index contributed by atoms with van der Waals surface area (Å²) in [5.74, 6) is -1.89. The van der Waals surface area contributed by atoms with Crippen LogP contribution in [0, 0.1) is 0 Å². The molecule has 0 bridgehead atoms. The van der Waals surface area contributed by atoms with E-state index in [-0.39, 0.29) is 5.91 Å². The molecular formula is C19H18N2O4. The average molecular weight is 338 g/mol. The normalized spacial score (nSPS) is 10.4. The molecule has 25 heavy (non-hydrogen) atoms. The summed E-state index contributed by atoms with van der Waals surface area (Å²) in [4.78, 5) is 34.0. The van der Waals surface area contributed by atoms with Gasteiger partial charge in [-0.15, -0.1) is 0 Å². The minimum atomic E-state index is -1.20. The minimum Gasteiger partial charge on any atom is -0.478 e. The Morgan fingerprint density at radius 1 is 0.880 bits per heavy atom. The van der Waals surface area contributed by atoms with Crippen LogP contribution in [0.1, 0.15) is 12.0 Å². The second-order valence-corrected chi connectivity index (χ2v) is 5.28. The van der Waals surface area contributed by atoms with Gasteiger partial charge in [0.2, 0.25) is 11.8 Å². The molecule has 0 aliphatic rings. The van der Waals surface area contributed by atoms with Gasteiger partial charge in [0.05, 0.1) is 0 Å². The van der Waals surface area contributed by atoms with Crippen molar-refractivity contribution in [1.82, 2.24) is 0 Å². The Hall–Kier alpha value is -3.41. The number of carbonyl (C=O) groups excluding carboxylic acids is 2. The Bertz CT molecular complexity index is 785. The van der Waals surface area contributed by atoms with E-state index >= 15 is 0 Å². The summed E-state index contributed by atoms with van der Waals surface area (Å²) in [5, 5.41) is 13.8. The molecule has 0 aliphatic carbocycles. The van der Waals surface area contributed by atoms with Crippen molar-refractivity contribution in [2.45, 2.75) is 12.8 Å². The van der Waals surface area contributed by atoms with E-state index in [1.807, 2.05) is 30.3 Å². The van der Waals surface area contributed by atoms with E-state index in [9.17, 15) is 14.4 Å². The number of carboxylic acids is 1. The number of amides is 2. The third-order valence-electron chi connectivity index (χ3n) is 3.27. The lowest BCUT2D eigenvalue weighted by Gasteiger charge is -2.08. The summed E-state index contributed by atoms with van der Waals surface area (Å²) in [6, 6.07) is 16.4. The first kappa shape index (κ1) is 17.9. The van der Waals surface area contributed by atoms with Crippen LogP contribution < -0.4 is 10.6 Å². The molecule has 2 aromatic carbocycles. The molecule has 2 rings (SSSR count). The molecule has 0 atom stereocenters. The number of anilines is 2. The Morgan fingerprint density at radius 3 is 2.24 bits per heavy atom. The second-order valence-electron chi connectivity index (χ2n) is 5.28. The van der Waals surface area contributed by atoms with Gasteiger partial charge in [-0.2, -0.15) is 0 Å². The van der Waals surface area contributed by atoms with Crippen LogP contribution in [-0.2, 0) is 20.8 Å². The molecule has 2 aromatic rings. The van der Waals surface area contributed by atoms with Crippen molar-refractivity contribution < 1.29 is 19.5 Å². The number of rotatable bonds is 7. The van der Waals surface area contributed by atoms with Gasteiger partial charge in [0.15, 0.2) is 0 Å². The number of hydrogen-bond acceptors (Lipinski definition) is 3. The van der Waals surface area contributed by atoms with Crippen molar-refractivity contribution in [3.8, 4) is 0 Å². The molecule has 3 N–H and O–H groups in total. The minimum absolute atomic E-state index is 0.127. The molecule has 0 saturated heterocycles. The lowest BCUT2D eigenvalue weighted by atomic mass is 10.1. The first-order valence-corrected chi connectivity index (χ1v) is 7.69. The molecule has 0 saturated carbocycles. The predicted molar refractivity (Wildman–Crippen MR) is 95.2 cm³/mol. The lowest BCUT2D eigenvalue weighted by molar-refractivity contribution is -0.131. The summed E-state index contributed by atoms with van der Waals surface area (Å²) >= 11 is 0. The van der Waals surface area contributed by atoms with Gasteiger partial charge in [-0.3, -0.25) is 9.59 Å². The molecule has 0 fully saturated rings. The van der Waals surface area contributed by atoms with E-state index in [2.05, 4.69) is 10.6 Å². The van der Waals surface area contributed by atoms with Gasteiger partial charge < -0.3 is 15.7 Å². The van der Waals surface area contributed by atoms with Crippen LogP contribution >= 0.6 is 0 Å². The van der Waals surface area contributed by atoms with E-state index in [1.54, 1.807) is 24.3 Å². The van der Waals surface area contributed by atoms with Crippen molar-refractivity contribution in [3.05, 3.63) is 72.3 Å². The summed E-state index contributed by atoms with van der Waals surface area (Å²) in [7, 11) is 0. The van der Waals surface area contributed by atoms with Gasteiger partial charge in [-0.25, -0.2) is 4.79 Å². The number of aliphatic carboxylic acids is 1. The highest BCUT2D eigenvalue weighted by molar-refractivity contribution is 6.02. The van der Waals surface area contributed by atoms with Crippen molar-refractivity contribution in [3.63, 3.8) is 0 Å². The monoisotopic (exact) mass is 338 g/mol. The maximum Gasteiger partial charge on any atom is 0.328 e. The zero-order valence-electron chi connectivity index (χ0n) is 13.4. The molecule has 0 unspecified atom stereocenters. The second kappa shape index (κ2) is 9.02. The van der Waals surface area contributed by atoms with Gasteiger partial charge in [0.1, 0.15) is 0 Å². The first-order chi connectivity index (χ1) is 12.0. The molecule has 0 heterocycles. The smallest absolute Gasteiger partial charge is 0.328 e. The van der Waals surface area contributed by atoms with Crippen LogP contribution in [0.4, 0.5) is 11.4 Å². The molecule has 2 amide bonds. The third-order valence-corrected chi connectivity index (χ3v) is 3.27. The number of benzene rings is 2. The zero-order chi connectivity index (χ0) is 18.1. The van der Waals surface area contributed by atoms with Crippen LogP contribution in [-0.4, -0.2) is 22.9 Å². The number of nitrogens with one attached hydrogen (secondary N) is 2. The Labute approximate surface area is 145 Å². The highest BCUT2D eigenvalue weighted by Gasteiger charge is 2.05. The van der Waals surface area contributed by atoms with Crippen LogP contribution in [0.5, 0.6) is 0 Å². The van der Waals surface area contributed by atoms with Crippen LogP contribution in [0.25, 0.3) is 0 Å². The summed E-state index contributed by atoms with van der Waals surface area (Å²) in [5.41, 5.74) is 2.10. The van der Waals surface area contributed by atoms with Gasteiger partial charge in [-0.1, -0.05) is 36.4 Å². The maximum atomic E-state index is 12.0. The number of hydrogen-bond donors (Lipinski definition) is 3. The van der Waals surface area contributed by atoms with E-state index in [0.717, 1.165) is 17.7 Å². The van der Waals surface area contributed by atoms with Gasteiger partial charge in [0, 0.05) is 29.9 Å². The highest BCUT2D eigenvalue weighted by Crippen LogP contribution is 2.15. The third kappa shape index (κ3) is 6.70. The van der Waals surface area contributed by atoms with E-state index in [4.69, 9.17) is 5.11 Å².